The summed E-state index contributed by atoms with van der Waals surface area (Å²) in [5.74, 6) is -1.08. The molecule has 3 aromatic rings. The van der Waals surface area contributed by atoms with Gasteiger partial charge in [-0.15, -0.1) is 0 Å². The van der Waals surface area contributed by atoms with E-state index in [1.807, 2.05) is 31.2 Å². The summed E-state index contributed by atoms with van der Waals surface area (Å²) < 4.78 is 29.6. The first-order chi connectivity index (χ1) is 14.4. The largest absolute Gasteiger partial charge is 0.328 e. The highest BCUT2D eigenvalue weighted by molar-refractivity contribution is 5.88. The molecule has 0 radical (unpaired) electrons. The average Bonchev–Trinajstić information content (AvgIpc) is 3.05. The zero-order valence-corrected chi connectivity index (χ0v) is 16.6. The average molecular weight is 406 g/mol. The number of carbonyl (C=O) groups excluding carboxylic acids is 1. The molecule has 3 atom stereocenters. The monoisotopic (exact) mass is 406 g/mol. The molecule has 0 unspecified atom stereocenters. The normalized spacial score (nSPS) is 22.7. The zero-order valence-electron chi connectivity index (χ0n) is 16.6. The van der Waals surface area contributed by atoms with Gasteiger partial charge in [-0.25, -0.2) is 13.5 Å². The molecule has 1 aromatic heterocycles. The summed E-state index contributed by atoms with van der Waals surface area (Å²) >= 11 is 0. The maximum atomic E-state index is 14.0. The van der Waals surface area contributed by atoms with Gasteiger partial charge in [-0.2, -0.15) is 10.1 Å². The fourth-order valence-corrected chi connectivity index (χ4v) is 4.54. The van der Waals surface area contributed by atoms with Crippen molar-refractivity contribution in [3.63, 3.8) is 0 Å². The number of rotatable bonds is 2. The first-order valence-corrected chi connectivity index (χ1v) is 9.86. The van der Waals surface area contributed by atoms with Crippen LogP contribution in [0.5, 0.6) is 0 Å². The molecule has 1 aliphatic heterocycles. The molecule has 0 amide bonds. The molecule has 2 aromatic carbocycles. The number of hydrogen-bond acceptors (Lipinski definition) is 4. The van der Waals surface area contributed by atoms with Crippen LogP contribution < -0.4 is 5.32 Å². The third kappa shape index (κ3) is 3.10. The van der Waals surface area contributed by atoms with Crippen molar-refractivity contribution in [3.8, 4) is 0 Å². The predicted octanol–water partition coefficient (Wildman–Crippen LogP) is 4.44. The molecule has 1 aliphatic carbocycles. The number of hydrogen-bond donors (Lipinski definition) is 1. The van der Waals surface area contributed by atoms with Crippen molar-refractivity contribution in [1.82, 2.24) is 14.8 Å². The van der Waals surface area contributed by atoms with Gasteiger partial charge in [0.2, 0.25) is 5.95 Å². The summed E-state index contributed by atoms with van der Waals surface area (Å²) in [4.78, 5) is 17.7. The Morgan fingerprint density at radius 1 is 1.07 bits per heavy atom. The van der Waals surface area contributed by atoms with Crippen molar-refractivity contribution in [3.05, 3.63) is 88.4 Å². The van der Waals surface area contributed by atoms with Crippen molar-refractivity contribution in [1.29, 1.82) is 0 Å². The molecule has 2 heterocycles. The van der Waals surface area contributed by atoms with Crippen LogP contribution in [-0.2, 0) is 4.79 Å². The van der Waals surface area contributed by atoms with Crippen LogP contribution >= 0.6 is 0 Å². The Morgan fingerprint density at radius 2 is 1.83 bits per heavy atom. The molecule has 7 heteroatoms. The number of ketones is 1. The summed E-state index contributed by atoms with van der Waals surface area (Å²) in [5.41, 5.74) is 3.25. The lowest BCUT2D eigenvalue weighted by Crippen LogP contribution is -2.40. The minimum atomic E-state index is -0.687. The van der Waals surface area contributed by atoms with E-state index in [1.54, 1.807) is 11.6 Å². The highest BCUT2D eigenvalue weighted by Crippen LogP contribution is 2.44. The van der Waals surface area contributed by atoms with E-state index >= 15 is 0 Å². The van der Waals surface area contributed by atoms with E-state index in [-0.39, 0.29) is 11.7 Å². The Kier molecular flexibility index (Phi) is 4.27. The van der Waals surface area contributed by atoms with Crippen LogP contribution in [-0.4, -0.2) is 20.5 Å². The summed E-state index contributed by atoms with van der Waals surface area (Å²) in [6.07, 6.45) is 2.35. The molecule has 5 nitrogen and oxygen atoms in total. The molecule has 2 aliphatic rings. The highest BCUT2D eigenvalue weighted by atomic mass is 19.1. The minimum Gasteiger partial charge on any atom is -0.328 e. The smallest absolute Gasteiger partial charge is 0.226 e. The van der Waals surface area contributed by atoms with Crippen molar-refractivity contribution in [2.75, 3.05) is 5.32 Å². The second kappa shape index (κ2) is 6.86. The van der Waals surface area contributed by atoms with E-state index in [4.69, 9.17) is 0 Å². The summed E-state index contributed by atoms with van der Waals surface area (Å²) in [5, 5.41) is 7.64. The van der Waals surface area contributed by atoms with Gasteiger partial charge in [0.1, 0.15) is 23.2 Å². The number of halogens is 2. The van der Waals surface area contributed by atoms with E-state index in [9.17, 15) is 13.6 Å². The third-order valence-electron chi connectivity index (χ3n) is 5.75. The number of benzene rings is 2. The Labute approximate surface area is 172 Å². The zero-order chi connectivity index (χ0) is 21.0. The number of carbonyl (C=O) groups is 1. The van der Waals surface area contributed by atoms with Gasteiger partial charge in [0.15, 0.2) is 0 Å². The van der Waals surface area contributed by atoms with Crippen molar-refractivity contribution in [2.24, 2.45) is 5.92 Å². The van der Waals surface area contributed by atoms with Crippen molar-refractivity contribution >= 4 is 11.7 Å². The second-order valence-corrected chi connectivity index (χ2v) is 7.99. The number of nitrogens with one attached hydrogen (secondary N) is 1. The SMILES string of the molecule is Cc1cccc([C@H]2C=C3Nc4nc(C)nn4[C@@H](c4cc(F)cc(F)c4)[C@@H]3C(=O)C2)c1. The van der Waals surface area contributed by atoms with Crippen LogP contribution in [0.4, 0.5) is 14.7 Å². The summed E-state index contributed by atoms with van der Waals surface area (Å²) in [6.45, 7) is 3.76. The molecule has 1 N–H and O–H groups in total. The summed E-state index contributed by atoms with van der Waals surface area (Å²) in [7, 11) is 0. The minimum absolute atomic E-state index is 0.0000198. The predicted molar refractivity (Wildman–Crippen MR) is 108 cm³/mol. The van der Waals surface area contributed by atoms with Crippen LogP contribution in [0.1, 0.15) is 40.9 Å². The van der Waals surface area contributed by atoms with E-state index in [1.165, 1.54) is 12.1 Å². The van der Waals surface area contributed by atoms with Gasteiger partial charge in [-0.3, -0.25) is 4.79 Å². The Bertz CT molecular complexity index is 1180. The Morgan fingerprint density at radius 3 is 2.57 bits per heavy atom. The van der Waals surface area contributed by atoms with Crippen molar-refractivity contribution in [2.45, 2.75) is 32.2 Å². The lowest BCUT2D eigenvalue weighted by Gasteiger charge is -2.38. The molecule has 0 spiro atoms. The molecule has 0 fully saturated rings. The first kappa shape index (κ1) is 18.7. The van der Waals surface area contributed by atoms with E-state index in [0.717, 1.165) is 17.2 Å². The number of allylic oxidation sites excluding steroid dienone is 2. The lowest BCUT2D eigenvalue weighted by molar-refractivity contribution is -0.123. The van der Waals surface area contributed by atoms with Crippen LogP contribution in [0.25, 0.3) is 0 Å². The van der Waals surface area contributed by atoms with E-state index in [0.29, 0.717) is 29.5 Å². The third-order valence-corrected chi connectivity index (χ3v) is 5.75. The first-order valence-electron chi connectivity index (χ1n) is 9.86. The molecular weight excluding hydrogens is 386 g/mol. The van der Waals surface area contributed by atoms with E-state index in [2.05, 4.69) is 21.5 Å². The van der Waals surface area contributed by atoms with Crippen LogP contribution in [0, 0.1) is 31.4 Å². The number of fused-ring (bicyclic) bond motifs is 2. The Balaban J connectivity index is 1.65. The molecular formula is C23H20F2N4O. The van der Waals surface area contributed by atoms with Gasteiger partial charge in [0.25, 0.3) is 0 Å². The molecule has 0 saturated carbocycles. The number of Topliss-reactive ketones (excluding diaryl/α,β-unsaturated/α-hetero) is 1. The fraction of sp³-hybridized carbons (Fsp3) is 0.261. The van der Waals surface area contributed by atoms with Crippen LogP contribution in [0.2, 0.25) is 0 Å². The van der Waals surface area contributed by atoms with Gasteiger partial charge >= 0.3 is 0 Å². The fourth-order valence-electron chi connectivity index (χ4n) is 4.54. The maximum Gasteiger partial charge on any atom is 0.226 e. The second-order valence-electron chi connectivity index (χ2n) is 7.99. The van der Waals surface area contributed by atoms with Gasteiger partial charge < -0.3 is 5.32 Å². The van der Waals surface area contributed by atoms with Gasteiger partial charge in [-0.05, 0) is 37.1 Å². The van der Waals surface area contributed by atoms with Crippen LogP contribution in [0.3, 0.4) is 0 Å². The standard InChI is InChI=1S/C23H20F2N4O/c1-12-4-3-5-14(6-12)15-9-19-21(20(30)10-15)22(16-7-17(24)11-18(25)8-16)29-23(27-19)26-13(2)28-29/h3-9,11,15,21-22H,10H2,1-2H3,(H,26,27,28)/t15-,21-,22-/m0/s1. The summed E-state index contributed by atoms with van der Waals surface area (Å²) in [6, 6.07) is 10.8. The van der Waals surface area contributed by atoms with E-state index < -0.39 is 23.6 Å². The number of anilines is 1. The highest BCUT2D eigenvalue weighted by Gasteiger charge is 2.43. The molecule has 152 valence electrons. The number of nitrogens with zero attached hydrogens (tertiary/aromatic N) is 3. The van der Waals surface area contributed by atoms with Crippen molar-refractivity contribution < 1.29 is 13.6 Å². The topological polar surface area (TPSA) is 59.8 Å². The molecule has 30 heavy (non-hydrogen) atoms. The maximum absolute atomic E-state index is 14.0. The number of aromatic nitrogens is 3. The van der Waals surface area contributed by atoms with Gasteiger partial charge in [-0.1, -0.05) is 35.9 Å². The lowest BCUT2D eigenvalue weighted by atomic mass is 9.75. The quantitative estimate of drug-likeness (QED) is 0.683. The van der Waals surface area contributed by atoms with Gasteiger partial charge in [0, 0.05) is 24.1 Å². The van der Waals surface area contributed by atoms with Gasteiger partial charge in [0.05, 0.1) is 12.0 Å². The Hall–Kier alpha value is -3.35. The number of aryl methyl sites for hydroxylation is 2. The van der Waals surface area contributed by atoms with Crippen LogP contribution in [0.15, 0.2) is 54.2 Å². The molecule has 0 saturated heterocycles. The molecule has 5 rings (SSSR count). The molecule has 0 bridgehead atoms.